The van der Waals surface area contributed by atoms with E-state index in [-0.39, 0.29) is 11.6 Å². The minimum Gasteiger partial charge on any atom is -0.497 e. The number of methoxy groups -OCH3 is 2. The van der Waals surface area contributed by atoms with E-state index in [1.807, 2.05) is 0 Å². The molecule has 3 aromatic rings. The Morgan fingerprint density at radius 2 is 1.75 bits per heavy atom. The third kappa shape index (κ3) is 3.27. The molecule has 1 heterocycles. The summed E-state index contributed by atoms with van der Waals surface area (Å²) in [6.07, 6.45) is 1.35. The third-order valence-electron chi connectivity index (χ3n) is 3.26. The molecule has 0 saturated heterocycles. The maximum absolute atomic E-state index is 13.3. The number of halogens is 2. The van der Waals surface area contributed by atoms with E-state index in [0.717, 1.165) is 18.2 Å². The van der Waals surface area contributed by atoms with Crippen LogP contribution in [-0.2, 0) is 0 Å². The van der Waals surface area contributed by atoms with Crippen LogP contribution in [0.5, 0.6) is 11.5 Å². The number of benzene rings is 2. The van der Waals surface area contributed by atoms with Crippen LogP contribution < -0.4 is 14.8 Å². The second kappa shape index (κ2) is 6.53. The molecule has 0 amide bonds. The van der Waals surface area contributed by atoms with E-state index < -0.39 is 11.6 Å². The third-order valence-corrected chi connectivity index (χ3v) is 3.26. The van der Waals surface area contributed by atoms with Crippen LogP contribution in [-0.4, -0.2) is 29.0 Å². The van der Waals surface area contributed by atoms with Crippen LogP contribution in [0.3, 0.4) is 0 Å². The molecule has 2 aromatic carbocycles. The van der Waals surface area contributed by atoms with Crippen LogP contribution >= 0.6 is 0 Å². The van der Waals surface area contributed by atoms with Crippen molar-refractivity contribution in [2.45, 2.75) is 0 Å². The van der Waals surface area contributed by atoms with Crippen LogP contribution in [0, 0.1) is 11.6 Å². The van der Waals surface area contributed by atoms with Crippen molar-refractivity contribution < 1.29 is 18.3 Å². The van der Waals surface area contributed by atoms with Crippen molar-refractivity contribution in [3.05, 3.63) is 54.4 Å². The van der Waals surface area contributed by atoms with E-state index in [9.17, 15) is 8.78 Å². The summed E-state index contributed by atoms with van der Waals surface area (Å²) in [5.74, 6) is 0.0639. The zero-order chi connectivity index (χ0) is 17.1. The molecule has 0 aliphatic heterocycles. The van der Waals surface area contributed by atoms with Crippen molar-refractivity contribution >= 4 is 11.6 Å². The molecule has 1 N–H and O–H groups in total. The highest BCUT2D eigenvalue weighted by molar-refractivity contribution is 5.64. The lowest BCUT2D eigenvalue weighted by Crippen LogP contribution is -2.00. The minimum absolute atomic E-state index is 0.227. The van der Waals surface area contributed by atoms with Gasteiger partial charge in [0.1, 0.15) is 29.5 Å². The number of hydrogen-bond acceptors (Lipinski definition) is 5. The van der Waals surface area contributed by atoms with Gasteiger partial charge in [0, 0.05) is 12.1 Å². The first-order valence-electron chi connectivity index (χ1n) is 6.96. The Morgan fingerprint density at radius 3 is 2.42 bits per heavy atom. The lowest BCUT2D eigenvalue weighted by molar-refractivity contribution is 0.405. The van der Waals surface area contributed by atoms with E-state index in [0.29, 0.717) is 17.2 Å². The van der Waals surface area contributed by atoms with E-state index in [1.165, 1.54) is 18.1 Å². The Bertz CT molecular complexity index is 847. The van der Waals surface area contributed by atoms with Crippen LogP contribution in [0.2, 0.25) is 0 Å². The Kier molecular flexibility index (Phi) is 4.28. The van der Waals surface area contributed by atoms with Gasteiger partial charge in [0.05, 0.1) is 25.6 Å². The Morgan fingerprint density at radius 1 is 1.00 bits per heavy atom. The zero-order valence-electron chi connectivity index (χ0n) is 13.0. The molecule has 0 bridgehead atoms. The van der Waals surface area contributed by atoms with Gasteiger partial charge < -0.3 is 14.8 Å². The highest BCUT2D eigenvalue weighted by Gasteiger charge is 2.10. The van der Waals surface area contributed by atoms with Gasteiger partial charge in [-0.15, -0.1) is 5.10 Å². The molecule has 8 heteroatoms. The number of anilines is 2. The molecule has 124 valence electrons. The van der Waals surface area contributed by atoms with Gasteiger partial charge in [0.2, 0.25) is 5.95 Å². The molecule has 0 aliphatic carbocycles. The first-order valence-corrected chi connectivity index (χ1v) is 6.96. The van der Waals surface area contributed by atoms with Crippen LogP contribution in [0.25, 0.3) is 5.69 Å². The predicted molar refractivity (Wildman–Crippen MR) is 84.1 cm³/mol. The van der Waals surface area contributed by atoms with Crippen molar-refractivity contribution in [2.75, 3.05) is 19.5 Å². The molecule has 0 fully saturated rings. The predicted octanol–water partition coefficient (Wildman–Crippen LogP) is 3.31. The molecule has 1 aromatic heterocycles. The number of nitrogens with one attached hydrogen (secondary N) is 1. The number of aromatic nitrogens is 3. The van der Waals surface area contributed by atoms with Crippen LogP contribution in [0.1, 0.15) is 0 Å². The average Bonchev–Trinajstić information content (AvgIpc) is 3.02. The summed E-state index contributed by atoms with van der Waals surface area (Å²) in [7, 11) is 3.09. The second-order valence-electron chi connectivity index (χ2n) is 4.83. The molecule has 0 aliphatic rings. The summed E-state index contributed by atoms with van der Waals surface area (Å²) >= 11 is 0. The van der Waals surface area contributed by atoms with E-state index in [1.54, 1.807) is 25.3 Å². The smallest absolute Gasteiger partial charge is 0.247 e. The van der Waals surface area contributed by atoms with Gasteiger partial charge in [-0.2, -0.15) is 4.98 Å². The molecular formula is C16H14F2N4O2. The van der Waals surface area contributed by atoms with Gasteiger partial charge in [-0.3, -0.25) is 0 Å². The minimum atomic E-state index is -0.690. The number of nitrogens with zero attached hydrogens (tertiary/aromatic N) is 3. The summed E-state index contributed by atoms with van der Waals surface area (Å²) in [5, 5.41) is 7.14. The summed E-state index contributed by atoms with van der Waals surface area (Å²) in [6, 6.07) is 8.33. The van der Waals surface area contributed by atoms with E-state index >= 15 is 0 Å². The lowest BCUT2D eigenvalue weighted by atomic mass is 10.2. The van der Waals surface area contributed by atoms with Crippen molar-refractivity contribution in [2.24, 2.45) is 0 Å². The summed E-state index contributed by atoms with van der Waals surface area (Å²) < 4.78 is 38.3. The van der Waals surface area contributed by atoms with Gasteiger partial charge in [0.25, 0.3) is 0 Å². The van der Waals surface area contributed by atoms with Crippen LogP contribution in [0.4, 0.5) is 20.4 Å². The maximum Gasteiger partial charge on any atom is 0.247 e. The fourth-order valence-corrected chi connectivity index (χ4v) is 2.15. The Balaban J connectivity index is 1.89. The molecule has 0 atom stereocenters. The van der Waals surface area contributed by atoms with Crippen LogP contribution in [0.15, 0.2) is 42.7 Å². The summed E-state index contributed by atoms with van der Waals surface area (Å²) in [4.78, 5) is 4.08. The van der Waals surface area contributed by atoms with Gasteiger partial charge in [-0.25, -0.2) is 13.5 Å². The largest absolute Gasteiger partial charge is 0.497 e. The maximum atomic E-state index is 13.3. The average molecular weight is 332 g/mol. The van der Waals surface area contributed by atoms with Crippen molar-refractivity contribution in [1.82, 2.24) is 14.8 Å². The topological polar surface area (TPSA) is 61.2 Å². The fourth-order valence-electron chi connectivity index (χ4n) is 2.15. The lowest BCUT2D eigenvalue weighted by Gasteiger charge is -2.10. The highest BCUT2D eigenvalue weighted by Crippen LogP contribution is 2.30. The first-order chi connectivity index (χ1) is 11.6. The molecule has 0 radical (unpaired) electrons. The molecule has 0 spiro atoms. The molecule has 0 saturated carbocycles. The van der Waals surface area contributed by atoms with Gasteiger partial charge in [-0.1, -0.05) is 0 Å². The fraction of sp³-hybridized carbons (Fsp3) is 0.125. The van der Waals surface area contributed by atoms with Gasteiger partial charge in [0.15, 0.2) is 0 Å². The Labute approximate surface area is 136 Å². The number of hydrogen-bond donors (Lipinski definition) is 1. The SMILES string of the molecule is COc1ccc(OC)c(Nc2ncn(-c3cc(F)cc(F)c3)n2)c1. The van der Waals surface area contributed by atoms with E-state index in [4.69, 9.17) is 9.47 Å². The normalized spacial score (nSPS) is 10.5. The first kappa shape index (κ1) is 15.7. The molecular weight excluding hydrogens is 318 g/mol. The van der Waals surface area contributed by atoms with Crippen molar-refractivity contribution in [1.29, 1.82) is 0 Å². The Hall–Kier alpha value is -3.16. The highest BCUT2D eigenvalue weighted by atomic mass is 19.1. The zero-order valence-corrected chi connectivity index (χ0v) is 13.0. The number of rotatable bonds is 5. The molecule has 3 rings (SSSR count). The monoisotopic (exact) mass is 332 g/mol. The quantitative estimate of drug-likeness (QED) is 0.777. The van der Waals surface area contributed by atoms with Gasteiger partial charge >= 0.3 is 0 Å². The summed E-state index contributed by atoms with van der Waals surface area (Å²) in [6.45, 7) is 0. The second-order valence-corrected chi connectivity index (χ2v) is 4.83. The van der Waals surface area contributed by atoms with Crippen molar-refractivity contribution in [3.63, 3.8) is 0 Å². The number of ether oxygens (including phenoxy) is 2. The standard InChI is InChI=1S/C16H14F2N4O2/c1-23-13-3-4-15(24-2)14(8-13)20-16-19-9-22(21-16)12-6-10(17)5-11(18)7-12/h3-9H,1-2H3,(H,20,21). The van der Waals surface area contributed by atoms with Gasteiger partial charge in [-0.05, 0) is 24.3 Å². The molecule has 6 nitrogen and oxygen atoms in total. The van der Waals surface area contributed by atoms with Crippen molar-refractivity contribution in [3.8, 4) is 17.2 Å². The van der Waals surface area contributed by atoms with E-state index in [2.05, 4.69) is 15.4 Å². The molecule has 0 unspecified atom stereocenters. The molecule has 24 heavy (non-hydrogen) atoms. The summed E-state index contributed by atoms with van der Waals surface area (Å²) in [5.41, 5.74) is 0.825.